The van der Waals surface area contributed by atoms with Crippen LogP contribution in [0.4, 0.5) is 4.39 Å². The largest absolute Gasteiger partial charge is 0.368 e. The summed E-state index contributed by atoms with van der Waals surface area (Å²) in [6.07, 6.45) is 0. The summed E-state index contributed by atoms with van der Waals surface area (Å²) in [4.78, 5) is 11.0. The van der Waals surface area contributed by atoms with Gasteiger partial charge in [0.15, 0.2) is 0 Å². The number of rotatable bonds is 4. The number of carbonyl (C=O) groups is 1. The normalized spacial score (nSPS) is 11.4. The van der Waals surface area contributed by atoms with Crippen LogP contribution in [0.15, 0.2) is 24.3 Å². The third kappa shape index (κ3) is 3.32. The first-order valence-corrected chi connectivity index (χ1v) is 4.71. The average Bonchev–Trinajstić information content (AvgIpc) is 2.15. The van der Waals surface area contributed by atoms with Crippen molar-refractivity contribution >= 4 is 5.91 Å². The minimum absolute atomic E-state index is 0.286. The molecular weight excluding hydrogens is 195 g/mol. The number of hydrogen-bond acceptors (Lipinski definition) is 2. The molecule has 3 nitrogen and oxygen atoms in total. The highest BCUT2D eigenvalue weighted by atomic mass is 19.1. The van der Waals surface area contributed by atoms with Crippen LogP contribution in [0.1, 0.15) is 19.4 Å². The maximum absolute atomic E-state index is 12.8. The van der Waals surface area contributed by atoms with Gasteiger partial charge in [-0.3, -0.25) is 10.1 Å². The topological polar surface area (TPSA) is 55.1 Å². The van der Waals surface area contributed by atoms with Crippen molar-refractivity contribution in [2.45, 2.75) is 25.9 Å². The van der Waals surface area contributed by atoms with Crippen LogP contribution in [0.2, 0.25) is 0 Å². The lowest BCUT2D eigenvalue weighted by Gasteiger charge is -2.22. The van der Waals surface area contributed by atoms with E-state index in [9.17, 15) is 9.18 Å². The van der Waals surface area contributed by atoms with Crippen LogP contribution < -0.4 is 11.1 Å². The van der Waals surface area contributed by atoms with Crippen molar-refractivity contribution in [2.24, 2.45) is 5.73 Å². The van der Waals surface area contributed by atoms with E-state index in [0.29, 0.717) is 6.54 Å². The quantitative estimate of drug-likeness (QED) is 0.784. The summed E-state index contributed by atoms with van der Waals surface area (Å²) in [6.45, 7) is 3.79. The average molecular weight is 210 g/mol. The maximum Gasteiger partial charge on any atom is 0.237 e. The number of halogens is 1. The Labute approximate surface area is 88.5 Å². The second-order valence-electron chi connectivity index (χ2n) is 3.97. The van der Waals surface area contributed by atoms with Crippen molar-refractivity contribution in [2.75, 3.05) is 0 Å². The molecule has 0 aliphatic carbocycles. The Morgan fingerprint density at radius 2 is 2.20 bits per heavy atom. The van der Waals surface area contributed by atoms with E-state index in [0.717, 1.165) is 5.56 Å². The van der Waals surface area contributed by atoms with Crippen LogP contribution in [0, 0.1) is 5.82 Å². The molecule has 1 rings (SSSR count). The zero-order valence-electron chi connectivity index (χ0n) is 8.88. The SMILES string of the molecule is CC(C)(NCc1cccc(F)c1)C(N)=O. The second kappa shape index (κ2) is 4.40. The van der Waals surface area contributed by atoms with Gasteiger partial charge in [-0.05, 0) is 31.5 Å². The Morgan fingerprint density at radius 3 is 2.73 bits per heavy atom. The lowest BCUT2D eigenvalue weighted by Crippen LogP contribution is -2.50. The van der Waals surface area contributed by atoms with Gasteiger partial charge in [0.25, 0.3) is 0 Å². The lowest BCUT2D eigenvalue weighted by atomic mass is 10.0. The van der Waals surface area contributed by atoms with Crippen molar-refractivity contribution in [3.05, 3.63) is 35.6 Å². The molecule has 4 heteroatoms. The van der Waals surface area contributed by atoms with Gasteiger partial charge in [0.1, 0.15) is 5.82 Å². The third-order valence-electron chi connectivity index (χ3n) is 2.24. The smallest absolute Gasteiger partial charge is 0.237 e. The number of amides is 1. The van der Waals surface area contributed by atoms with Crippen LogP contribution in [0.25, 0.3) is 0 Å². The molecule has 1 aromatic carbocycles. The molecule has 0 fully saturated rings. The molecule has 0 unspecified atom stereocenters. The number of nitrogens with one attached hydrogen (secondary N) is 1. The summed E-state index contributed by atoms with van der Waals surface area (Å²) in [6, 6.07) is 6.21. The fourth-order valence-corrected chi connectivity index (χ4v) is 1.06. The Bertz CT molecular complexity index is 363. The summed E-state index contributed by atoms with van der Waals surface area (Å²) < 4.78 is 12.8. The summed E-state index contributed by atoms with van der Waals surface area (Å²) in [7, 11) is 0. The van der Waals surface area contributed by atoms with Gasteiger partial charge < -0.3 is 5.73 Å². The monoisotopic (exact) mass is 210 g/mol. The van der Waals surface area contributed by atoms with Gasteiger partial charge >= 0.3 is 0 Å². The van der Waals surface area contributed by atoms with Gasteiger partial charge in [-0.15, -0.1) is 0 Å². The Hall–Kier alpha value is -1.42. The van der Waals surface area contributed by atoms with Crippen LogP contribution >= 0.6 is 0 Å². The molecule has 0 heterocycles. The molecule has 82 valence electrons. The molecule has 0 aliphatic heterocycles. The lowest BCUT2D eigenvalue weighted by molar-refractivity contribution is -0.123. The standard InChI is InChI=1S/C11H15FN2O/c1-11(2,10(13)15)14-7-8-4-3-5-9(12)6-8/h3-6,14H,7H2,1-2H3,(H2,13,15). The van der Waals surface area contributed by atoms with Crippen LogP contribution in [0.5, 0.6) is 0 Å². The van der Waals surface area contributed by atoms with Crippen LogP contribution in [-0.2, 0) is 11.3 Å². The minimum atomic E-state index is -0.785. The number of nitrogens with two attached hydrogens (primary N) is 1. The molecule has 0 spiro atoms. The third-order valence-corrected chi connectivity index (χ3v) is 2.24. The van der Waals surface area contributed by atoms with E-state index in [4.69, 9.17) is 5.73 Å². The van der Waals surface area contributed by atoms with Crippen molar-refractivity contribution in [1.82, 2.24) is 5.32 Å². The highest BCUT2D eigenvalue weighted by Gasteiger charge is 2.23. The van der Waals surface area contributed by atoms with Crippen LogP contribution in [-0.4, -0.2) is 11.4 Å². The highest BCUT2D eigenvalue weighted by molar-refractivity contribution is 5.83. The van der Waals surface area contributed by atoms with E-state index >= 15 is 0 Å². The first-order chi connectivity index (χ1) is 6.92. The van der Waals surface area contributed by atoms with Gasteiger partial charge in [0.05, 0.1) is 5.54 Å². The maximum atomic E-state index is 12.8. The van der Waals surface area contributed by atoms with Crippen LogP contribution in [0.3, 0.4) is 0 Å². The van der Waals surface area contributed by atoms with Gasteiger partial charge in [0, 0.05) is 6.54 Å². The first kappa shape index (κ1) is 11.7. The molecular formula is C11H15FN2O. The molecule has 1 amide bonds. The van der Waals surface area contributed by atoms with E-state index in [-0.39, 0.29) is 5.82 Å². The van der Waals surface area contributed by atoms with Crippen molar-refractivity contribution in [3.8, 4) is 0 Å². The summed E-state index contributed by atoms with van der Waals surface area (Å²) in [5, 5.41) is 2.96. The zero-order valence-corrected chi connectivity index (χ0v) is 8.88. The van der Waals surface area contributed by atoms with E-state index in [2.05, 4.69) is 5.32 Å². The number of hydrogen-bond donors (Lipinski definition) is 2. The van der Waals surface area contributed by atoms with Gasteiger partial charge in [0.2, 0.25) is 5.91 Å². The first-order valence-electron chi connectivity index (χ1n) is 4.71. The number of primary amides is 1. The fraction of sp³-hybridized carbons (Fsp3) is 0.364. The Kier molecular flexibility index (Phi) is 3.42. The van der Waals surface area contributed by atoms with Gasteiger partial charge in [-0.1, -0.05) is 12.1 Å². The van der Waals surface area contributed by atoms with Gasteiger partial charge in [-0.2, -0.15) is 0 Å². The number of carbonyl (C=O) groups excluding carboxylic acids is 1. The molecule has 0 radical (unpaired) electrons. The summed E-state index contributed by atoms with van der Waals surface area (Å²) >= 11 is 0. The molecule has 0 aliphatic rings. The molecule has 15 heavy (non-hydrogen) atoms. The molecule has 0 atom stereocenters. The predicted octanol–water partition coefficient (Wildman–Crippen LogP) is 1.18. The van der Waals surface area contributed by atoms with Crippen molar-refractivity contribution in [1.29, 1.82) is 0 Å². The predicted molar refractivity (Wildman–Crippen MR) is 56.5 cm³/mol. The Balaban J connectivity index is 2.61. The van der Waals surface area contributed by atoms with E-state index in [1.54, 1.807) is 26.0 Å². The Morgan fingerprint density at radius 1 is 1.53 bits per heavy atom. The van der Waals surface area contributed by atoms with E-state index in [1.807, 2.05) is 0 Å². The van der Waals surface area contributed by atoms with E-state index < -0.39 is 11.4 Å². The molecule has 0 saturated heterocycles. The number of benzene rings is 1. The second-order valence-corrected chi connectivity index (χ2v) is 3.97. The van der Waals surface area contributed by atoms with Crippen molar-refractivity contribution < 1.29 is 9.18 Å². The van der Waals surface area contributed by atoms with Crippen molar-refractivity contribution in [3.63, 3.8) is 0 Å². The molecule has 0 saturated carbocycles. The minimum Gasteiger partial charge on any atom is -0.368 e. The fourth-order valence-electron chi connectivity index (χ4n) is 1.06. The molecule has 0 aromatic heterocycles. The molecule has 3 N–H and O–H groups in total. The van der Waals surface area contributed by atoms with E-state index in [1.165, 1.54) is 12.1 Å². The zero-order chi connectivity index (χ0) is 11.5. The van der Waals surface area contributed by atoms with Gasteiger partial charge in [-0.25, -0.2) is 4.39 Å². The molecule has 0 bridgehead atoms. The summed E-state index contributed by atoms with van der Waals surface area (Å²) in [5.41, 5.74) is 5.19. The summed E-state index contributed by atoms with van der Waals surface area (Å²) in [5.74, 6) is -0.718. The highest BCUT2D eigenvalue weighted by Crippen LogP contribution is 2.06. The molecule has 1 aromatic rings.